The van der Waals surface area contributed by atoms with Crippen LogP contribution in [0.4, 0.5) is 0 Å². The van der Waals surface area contributed by atoms with E-state index in [4.69, 9.17) is 5.11 Å². The highest BCUT2D eigenvalue weighted by atomic mass is 16.4. The van der Waals surface area contributed by atoms with Crippen LogP contribution in [0.1, 0.15) is 90.4 Å². The third-order valence-corrected chi connectivity index (χ3v) is 5.50. The van der Waals surface area contributed by atoms with Gasteiger partial charge in [0.1, 0.15) is 0 Å². The van der Waals surface area contributed by atoms with Gasteiger partial charge in [0, 0.05) is 12.5 Å². The van der Waals surface area contributed by atoms with E-state index in [-0.39, 0.29) is 0 Å². The van der Waals surface area contributed by atoms with Crippen molar-refractivity contribution in [1.29, 1.82) is 0 Å². The summed E-state index contributed by atoms with van der Waals surface area (Å²) in [6.45, 7) is 2.25. The molecule has 0 radical (unpaired) electrons. The minimum absolute atomic E-state index is 0.352. The number of aliphatic carboxylic acids is 1. The lowest BCUT2D eigenvalue weighted by molar-refractivity contribution is -0.138. The number of rotatable bonds is 12. The monoisotopic (exact) mass is 337 g/mol. The first-order valence-corrected chi connectivity index (χ1v) is 10.2. The zero-order chi connectivity index (χ0) is 17.6. The van der Waals surface area contributed by atoms with Gasteiger partial charge in [-0.05, 0) is 70.3 Å². The second-order valence-corrected chi connectivity index (χ2v) is 7.54. The van der Waals surface area contributed by atoms with Crippen molar-refractivity contribution in [3.8, 4) is 0 Å². The first kappa shape index (κ1) is 21.2. The maximum Gasteiger partial charge on any atom is 0.303 e. The highest BCUT2D eigenvalue weighted by Gasteiger charge is 2.27. The molecule has 1 rings (SSSR count). The molecule has 3 nitrogen and oxygen atoms in total. The smallest absolute Gasteiger partial charge is 0.303 e. The molecule has 140 valence electrons. The second kappa shape index (κ2) is 13.5. The van der Waals surface area contributed by atoms with Crippen molar-refractivity contribution in [2.75, 3.05) is 7.05 Å². The molecule has 3 atom stereocenters. The van der Waals surface area contributed by atoms with Gasteiger partial charge in [-0.2, -0.15) is 0 Å². The Labute approximate surface area is 149 Å². The summed E-state index contributed by atoms with van der Waals surface area (Å²) < 4.78 is 0. The van der Waals surface area contributed by atoms with Gasteiger partial charge < -0.3 is 10.4 Å². The highest BCUT2D eigenvalue weighted by molar-refractivity contribution is 5.67. The molecule has 1 aliphatic rings. The van der Waals surface area contributed by atoms with Crippen LogP contribution in [-0.2, 0) is 4.79 Å². The SMILES string of the molecule is CCCCCC/C=C\CCC[C@H]1C[C@H](CC(=O)O)CCC[C@H]1NC. The minimum Gasteiger partial charge on any atom is -0.481 e. The number of carboxylic acids is 1. The molecule has 1 fully saturated rings. The van der Waals surface area contributed by atoms with Crippen molar-refractivity contribution in [2.24, 2.45) is 11.8 Å². The largest absolute Gasteiger partial charge is 0.481 e. The maximum absolute atomic E-state index is 11.0. The zero-order valence-electron chi connectivity index (χ0n) is 15.9. The molecular formula is C21H39NO2. The molecule has 0 aliphatic heterocycles. The Morgan fingerprint density at radius 1 is 1.12 bits per heavy atom. The molecule has 0 spiro atoms. The molecule has 0 heterocycles. The van der Waals surface area contributed by atoms with Crippen molar-refractivity contribution in [1.82, 2.24) is 5.32 Å². The van der Waals surface area contributed by atoms with E-state index < -0.39 is 5.97 Å². The summed E-state index contributed by atoms with van der Waals surface area (Å²) in [5.41, 5.74) is 0. The Morgan fingerprint density at radius 3 is 2.54 bits per heavy atom. The van der Waals surface area contributed by atoms with Crippen LogP contribution in [0.25, 0.3) is 0 Å². The predicted molar refractivity (Wildman–Crippen MR) is 102 cm³/mol. The van der Waals surface area contributed by atoms with Crippen molar-refractivity contribution >= 4 is 5.97 Å². The van der Waals surface area contributed by atoms with E-state index >= 15 is 0 Å². The number of allylic oxidation sites excluding steroid dienone is 2. The van der Waals surface area contributed by atoms with Gasteiger partial charge in [-0.15, -0.1) is 0 Å². The molecule has 0 amide bonds. The number of carbonyl (C=O) groups is 1. The van der Waals surface area contributed by atoms with Gasteiger partial charge in [-0.1, -0.05) is 44.8 Å². The molecule has 0 aromatic carbocycles. The lowest BCUT2D eigenvalue weighted by Crippen LogP contribution is -2.33. The molecule has 1 aliphatic carbocycles. The summed E-state index contributed by atoms with van der Waals surface area (Å²) in [7, 11) is 2.06. The van der Waals surface area contributed by atoms with Crippen LogP contribution >= 0.6 is 0 Å². The molecule has 0 aromatic rings. The number of nitrogens with one attached hydrogen (secondary N) is 1. The fourth-order valence-corrected chi connectivity index (χ4v) is 4.13. The third-order valence-electron chi connectivity index (χ3n) is 5.50. The van der Waals surface area contributed by atoms with E-state index in [1.165, 1.54) is 57.8 Å². The van der Waals surface area contributed by atoms with Crippen LogP contribution < -0.4 is 5.32 Å². The summed E-state index contributed by atoms with van der Waals surface area (Å²) in [5.74, 6) is 0.382. The standard InChI is InChI=1S/C21H39NO2/c1-3-4-5-6-7-8-9-10-11-14-19-16-18(17-21(23)24)13-12-15-20(19)22-2/h8-9,18-20,22H,3-7,10-17H2,1-2H3,(H,23,24)/b9-8-/t18-,19+,20-/m1/s1. The topological polar surface area (TPSA) is 49.3 Å². The predicted octanol–water partition coefficient (Wildman–Crippen LogP) is 5.55. The van der Waals surface area contributed by atoms with Crippen molar-refractivity contribution in [3.05, 3.63) is 12.2 Å². The Hall–Kier alpha value is -0.830. The van der Waals surface area contributed by atoms with E-state index in [9.17, 15) is 4.79 Å². The van der Waals surface area contributed by atoms with E-state index in [1.54, 1.807) is 0 Å². The summed E-state index contributed by atoms with van der Waals surface area (Å²) in [6.07, 6.45) is 19.8. The normalized spacial score (nSPS) is 25.0. The third kappa shape index (κ3) is 9.46. The maximum atomic E-state index is 11.0. The quantitative estimate of drug-likeness (QED) is 0.279. The molecule has 24 heavy (non-hydrogen) atoms. The Bertz CT molecular complexity index is 354. The molecule has 0 unspecified atom stereocenters. The molecule has 0 aromatic heterocycles. The van der Waals surface area contributed by atoms with E-state index in [1.807, 2.05) is 0 Å². The number of hydrogen-bond donors (Lipinski definition) is 2. The number of hydrogen-bond acceptors (Lipinski definition) is 2. The van der Waals surface area contributed by atoms with Gasteiger partial charge in [0.05, 0.1) is 0 Å². The second-order valence-electron chi connectivity index (χ2n) is 7.54. The van der Waals surface area contributed by atoms with Crippen molar-refractivity contribution < 1.29 is 9.90 Å². The first-order chi connectivity index (χ1) is 11.7. The molecule has 0 saturated heterocycles. The molecular weight excluding hydrogens is 298 g/mol. The number of carboxylic acid groups (broad SMARTS) is 1. The first-order valence-electron chi connectivity index (χ1n) is 10.2. The van der Waals surface area contributed by atoms with E-state index in [0.29, 0.717) is 24.3 Å². The summed E-state index contributed by atoms with van der Waals surface area (Å²) in [5, 5.41) is 12.6. The van der Waals surface area contributed by atoms with E-state index in [2.05, 4.69) is 31.4 Å². The van der Waals surface area contributed by atoms with Gasteiger partial charge >= 0.3 is 5.97 Å². The number of unbranched alkanes of at least 4 members (excludes halogenated alkanes) is 5. The summed E-state index contributed by atoms with van der Waals surface area (Å²) >= 11 is 0. The Kier molecular flexibility index (Phi) is 11.9. The van der Waals surface area contributed by atoms with Crippen LogP contribution in [0.15, 0.2) is 12.2 Å². The lowest BCUT2D eigenvalue weighted by atomic mass is 9.85. The van der Waals surface area contributed by atoms with E-state index in [0.717, 1.165) is 19.3 Å². The summed E-state index contributed by atoms with van der Waals surface area (Å²) in [6, 6.07) is 0.571. The Morgan fingerprint density at radius 2 is 1.88 bits per heavy atom. The van der Waals surface area contributed by atoms with Crippen LogP contribution in [0, 0.1) is 11.8 Å². The molecule has 0 bridgehead atoms. The fourth-order valence-electron chi connectivity index (χ4n) is 4.13. The average molecular weight is 338 g/mol. The van der Waals surface area contributed by atoms with Crippen LogP contribution in [0.3, 0.4) is 0 Å². The van der Waals surface area contributed by atoms with Gasteiger partial charge in [0.2, 0.25) is 0 Å². The van der Waals surface area contributed by atoms with Crippen LogP contribution in [0.5, 0.6) is 0 Å². The van der Waals surface area contributed by atoms with Crippen LogP contribution in [-0.4, -0.2) is 24.2 Å². The van der Waals surface area contributed by atoms with Gasteiger partial charge in [-0.3, -0.25) is 4.79 Å². The zero-order valence-corrected chi connectivity index (χ0v) is 15.9. The van der Waals surface area contributed by atoms with Gasteiger partial charge in [-0.25, -0.2) is 0 Å². The molecule has 1 saturated carbocycles. The van der Waals surface area contributed by atoms with Gasteiger partial charge in [0.15, 0.2) is 0 Å². The van der Waals surface area contributed by atoms with Crippen molar-refractivity contribution in [2.45, 2.75) is 96.4 Å². The lowest BCUT2D eigenvalue weighted by Gasteiger charge is -2.26. The average Bonchev–Trinajstić information content (AvgIpc) is 2.74. The highest BCUT2D eigenvalue weighted by Crippen LogP contribution is 2.33. The van der Waals surface area contributed by atoms with Gasteiger partial charge in [0.25, 0.3) is 0 Å². The Balaban J connectivity index is 2.28. The fraction of sp³-hybridized carbons (Fsp3) is 0.857. The van der Waals surface area contributed by atoms with Crippen LogP contribution in [0.2, 0.25) is 0 Å². The molecule has 2 N–H and O–H groups in total. The minimum atomic E-state index is -0.632. The molecule has 3 heteroatoms. The summed E-state index contributed by atoms with van der Waals surface area (Å²) in [4.78, 5) is 11.0. The van der Waals surface area contributed by atoms with Crippen molar-refractivity contribution in [3.63, 3.8) is 0 Å².